The van der Waals surface area contributed by atoms with E-state index in [1.54, 1.807) is 0 Å². The molecule has 0 aliphatic heterocycles. The lowest BCUT2D eigenvalue weighted by molar-refractivity contribution is -0.870. The molecule has 9 nitrogen and oxygen atoms in total. The SMILES string of the molecule is CC/C=C\C/C=C\C/C=C\C/C=C\C/C=C\C/C=C\CCCCCCCCCCCCCCC(=O)OC(COC(=O)CCCCCCC/C=C\C/C=C\CCCCCC)COC(OCC[N+](C)(C)C)C(=O)[O-]. The Bertz CT molecular complexity index is 1500. The second-order valence-corrected chi connectivity index (χ2v) is 20.2. The van der Waals surface area contributed by atoms with Gasteiger partial charge in [-0.05, 0) is 96.3 Å². The van der Waals surface area contributed by atoms with Gasteiger partial charge in [-0.2, -0.15) is 0 Å². The van der Waals surface area contributed by atoms with E-state index in [1.165, 1.54) is 89.9 Å². The molecule has 0 aromatic heterocycles. The fraction of sp³-hybridized carbons (Fsp3) is 0.698. The van der Waals surface area contributed by atoms with Crippen molar-refractivity contribution in [2.45, 2.75) is 238 Å². The second-order valence-electron chi connectivity index (χ2n) is 20.2. The number of carboxylic acids is 1. The van der Waals surface area contributed by atoms with Crippen LogP contribution in [0.25, 0.3) is 0 Å². The van der Waals surface area contributed by atoms with Gasteiger partial charge in [0.15, 0.2) is 12.4 Å². The maximum absolute atomic E-state index is 12.9. The summed E-state index contributed by atoms with van der Waals surface area (Å²) in [6.07, 6.45) is 68.8. The quantitative estimate of drug-likeness (QED) is 0.0195. The average Bonchev–Trinajstić information content (AvgIpc) is 3.35. The van der Waals surface area contributed by atoms with E-state index < -0.39 is 24.3 Å². The summed E-state index contributed by atoms with van der Waals surface area (Å²) in [6.45, 7) is 4.59. The highest BCUT2D eigenvalue weighted by Gasteiger charge is 2.22. The third-order valence-electron chi connectivity index (χ3n) is 12.1. The molecule has 9 heteroatoms. The van der Waals surface area contributed by atoms with Crippen molar-refractivity contribution in [2.75, 3.05) is 47.5 Å². The molecule has 72 heavy (non-hydrogen) atoms. The molecular formula is C63H107NO8. The predicted octanol–water partition coefficient (Wildman–Crippen LogP) is 15.6. The highest BCUT2D eigenvalue weighted by molar-refractivity contribution is 5.70. The van der Waals surface area contributed by atoms with Crippen molar-refractivity contribution >= 4 is 17.9 Å². The summed E-state index contributed by atoms with van der Waals surface area (Å²) in [6, 6.07) is 0. The van der Waals surface area contributed by atoms with E-state index in [0.717, 1.165) is 103 Å². The second kappa shape index (κ2) is 53.5. The highest BCUT2D eigenvalue weighted by Crippen LogP contribution is 2.15. The van der Waals surface area contributed by atoms with Crippen LogP contribution in [0.1, 0.15) is 226 Å². The van der Waals surface area contributed by atoms with Crippen LogP contribution in [-0.2, 0) is 33.3 Å². The van der Waals surface area contributed by atoms with Crippen molar-refractivity contribution in [3.05, 3.63) is 97.2 Å². The van der Waals surface area contributed by atoms with Gasteiger partial charge in [0.2, 0.25) is 0 Å². The van der Waals surface area contributed by atoms with Crippen molar-refractivity contribution in [3.63, 3.8) is 0 Å². The first-order valence-corrected chi connectivity index (χ1v) is 28.9. The van der Waals surface area contributed by atoms with Crippen LogP contribution >= 0.6 is 0 Å². The predicted molar refractivity (Wildman–Crippen MR) is 301 cm³/mol. The standard InChI is InChI=1S/C63H107NO8/c1-6-8-10-12-14-16-18-20-22-24-25-26-27-28-29-30-31-32-33-34-35-36-37-38-40-42-44-46-48-50-52-54-61(66)72-59(58-71-63(62(67)68)69-56-55-64(3,4)5)57-70-60(65)53-51-49-47-45-43-41-39-23-21-19-17-15-13-11-9-7-2/h8,10,14,16-17,19-20,22-23,25-26,28-29,31-32,39,59,63H,6-7,9,11-13,15,18,21,24,27,30,33-38,40-58H2,1-5H3/b10-8-,16-14-,19-17-,22-20-,26-25-,29-28-,32-31-,39-23-. The number of allylic oxidation sites excluding steroid dienone is 16. The van der Waals surface area contributed by atoms with Gasteiger partial charge in [-0.3, -0.25) is 9.59 Å². The van der Waals surface area contributed by atoms with E-state index in [1.807, 2.05) is 21.1 Å². The zero-order valence-electron chi connectivity index (χ0n) is 46.8. The third kappa shape index (κ3) is 54.0. The van der Waals surface area contributed by atoms with Crippen molar-refractivity contribution < 1.29 is 42.9 Å². The zero-order valence-corrected chi connectivity index (χ0v) is 46.8. The summed E-state index contributed by atoms with van der Waals surface area (Å²) in [4.78, 5) is 37.2. The Hall–Kier alpha value is -3.79. The summed E-state index contributed by atoms with van der Waals surface area (Å²) in [5.74, 6) is -2.31. The summed E-state index contributed by atoms with van der Waals surface area (Å²) < 4.78 is 22.7. The molecule has 2 unspecified atom stereocenters. The summed E-state index contributed by atoms with van der Waals surface area (Å²) in [5, 5.41) is 11.8. The molecule has 0 saturated carbocycles. The van der Waals surface area contributed by atoms with E-state index in [4.69, 9.17) is 18.9 Å². The van der Waals surface area contributed by atoms with Gasteiger partial charge in [0.05, 0.1) is 40.3 Å². The lowest BCUT2D eigenvalue weighted by Gasteiger charge is -2.26. The van der Waals surface area contributed by atoms with Crippen LogP contribution in [0.2, 0.25) is 0 Å². The molecule has 0 aliphatic carbocycles. The van der Waals surface area contributed by atoms with Crippen molar-refractivity contribution in [2.24, 2.45) is 0 Å². The number of hydrogen-bond acceptors (Lipinski definition) is 8. The van der Waals surface area contributed by atoms with Crippen LogP contribution in [0.5, 0.6) is 0 Å². The van der Waals surface area contributed by atoms with Crippen molar-refractivity contribution in [1.29, 1.82) is 0 Å². The van der Waals surface area contributed by atoms with Crippen LogP contribution in [0.4, 0.5) is 0 Å². The fourth-order valence-corrected chi connectivity index (χ4v) is 7.63. The first-order valence-electron chi connectivity index (χ1n) is 28.9. The molecule has 0 rings (SSSR count). The lowest BCUT2D eigenvalue weighted by atomic mass is 10.0. The summed E-state index contributed by atoms with van der Waals surface area (Å²) in [5.41, 5.74) is 0. The van der Waals surface area contributed by atoms with Gasteiger partial charge in [0.1, 0.15) is 13.2 Å². The third-order valence-corrected chi connectivity index (χ3v) is 12.1. The molecule has 0 spiro atoms. The largest absolute Gasteiger partial charge is 0.545 e. The van der Waals surface area contributed by atoms with E-state index in [-0.39, 0.29) is 38.6 Å². The normalized spacial score (nSPS) is 13.5. The number of likely N-dealkylation sites (N-methyl/N-ethyl adjacent to an activating group) is 1. The molecular weight excluding hydrogens is 899 g/mol. The molecule has 0 fully saturated rings. The number of rotatable bonds is 52. The molecule has 412 valence electrons. The average molecular weight is 1010 g/mol. The summed E-state index contributed by atoms with van der Waals surface area (Å²) >= 11 is 0. The number of unbranched alkanes of at least 4 members (excludes halogenated alkanes) is 21. The minimum atomic E-state index is -1.63. The monoisotopic (exact) mass is 1010 g/mol. The Labute approximate surface area is 442 Å². The fourth-order valence-electron chi connectivity index (χ4n) is 7.63. The number of hydrogen-bond donors (Lipinski definition) is 0. The van der Waals surface area contributed by atoms with Crippen LogP contribution in [-0.4, -0.2) is 82.3 Å². The van der Waals surface area contributed by atoms with Crippen LogP contribution < -0.4 is 5.11 Å². The van der Waals surface area contributed by atoms with Crippen LogP contribution in [0, 0.1) is 0 Å². The minimum Gasteiger partial charge on any atom is -0.545 e. The van der Waals surface area contributed by atoms with Crippen molar-refractivity contribution in [1.82, 2.24) is 0 Å². The number of nitrogens with zero attached hydrogens (tertiary/aromatic N) is 1. The zero-order chi connectivity index (χ0) is 52.7. The molecule has 0 heterocycles. The Balaban J connectivity index is 4.23. The number of aliphatic carboxylic acids is 1. The first kappa shape index (κ1) is 68.2. The summed E-state index contributed by atoms with van der Waals surface area (Å²) in [7, 11) is 5.91. The van der Waals surface area contributed by atoms with Gasteiger partial charge in [-0.25, -0.2) is 0 Å². The van der Waals surface area contributed by atoms with E-state index in [2.05, 4.69) is 111 Å². The number of esters is 2. The molecule has 0 radical (unpaired) electrons. The van der Waals surface area contributed by atoms with Gasteiger partial charge in [-0.1, -0.05) is 214 Å². The molecule has 0 saturated heterocycles. The van der Waals surface area contributed by atoms with Gasteiger partial charge in [0.25, 0.3) is 0 Å². The number of carbonyl (C=O) groups is 3. The molecule has 0 aromatic rings. The number of quaternary nitrogens is 1. The van der Waals surface area contributed by atoms with E-state index in [9.17, 15) is 19.5 Å². The molecule has 0 N–H and O–H groups in total. The lowest BCUT2D eigenvalue weighted by Crippen LogP contribution is -2.44. The van der Waals surface area contributed by atoms with Gasteiger partial charge >= 0.3 is 11.9 Å². The maximum Gasteiger partial charge on any atom is 0.306 e. The van der Waals surface area contributed by atoms with Gasteiger partial charge < -0.3 is 33.3 Å². The Morgan fingerprint density at radius 3 is 1.18 bits per heavy atom. The molecule has 0 aromatic carbocycles. The van der Waals surface area contributed by atoms with Gasteiger partial charge in [0, 0.05) is 12.8 Å². The number of ether oxygens (including phenoxy) is 4. The van der Waals surface area contributed by atoms with Crippen LogP contribution in [0.15, 0.2) is 97.2 Å². The number of carboxylic acid groups (broad SMARTS) is 1. The molecule has 0 bridgehead atoms. The van der Waals surface area contributed by atoms with E-state index >= 15 is 0 Å². The maximum atomic E-state index is 12.9. The first-order chi connectivity index (χ1) is 35.1. The van der Waals surface area contributed by atoms with Gasteiger partial charge in [-0.15, -0.1) is 0 Å². The minimum absolute atomic E-state index is 0.141. The number of carbonyl (C=O) groups excluding carboxylic acids is 3. The Morgan fingerprint density at radius 2 is 0.792 bits per heavy atom. The van der Waals surface area contributed by atoms with Crippen LogP contribution in [0.3, 0.4) is 0 Å². The highest BCUT2D eigenvalue weighted by atomic mass is 16.7. The molecule has 2 atom stereocenters. The Morgan fingerprint density at radius 1 is 0.431 bits per heavy atom. The van der Waals surface area contributed by atoms with Crippen molar-refractivity contribution in [3.8, 4) is 0 Å². The molecule has 0 aliphatic rings. The topological polar surface area (TPSA) is 111 Å². The Kier molecular flexibility index (Phi) is 50.7. The smallest absolute Gasteiger partial charge is 0.306 e. The molecule has 0 amide bonds. The van der Waals surface area contributed by atoms with E-state index in [0.29, 0.717) is 17.4 Å².